The molecule has 3 unspecified atom stereocenters. The summed E-state index contributed by atoms with van der Waals surface area (Å²) in [6.45, 7) is 0. The molecular weight excluding hydrogens is 328 g/mol. The van der Waals surface area contributed by atoms with E-state index in [0.717, 1.165) is 12.8 Å². The molecule has 8 rings (SSSR count). The van der Waals surface area contributed by atoms with E-state index >= 15 is 0 Å². The maximum atomic E-state index is 2.98. The van der Waals surface area contributed by atoms with Gasteiger partial charge in [-0.3, -0.25) is 4.90 Å². The van der Waals surface area contributed by atoms with Crippen LogP contribution in [0.2, 0.25) is 0 Å². The van der Waals surface area contributed by atoms with Crippen LogP contribution in [0.25, 0.3) is 0 Å². The molecule has 0 bridgehead atoms. The molecule has 0 radical (unpaired) electrons. The van der Waals surface area contributed by atoms with Gasteiger partial charge in [0.2, 0.25) is 0 Å². The van der Waals surface area contributed by atoms with Gasteiger partial charge in [0.05, 0.1) is 0 Å². The van der Waals surface area contributed by atoms with Crippen molar-refractivity contribution in [2.45, 2.75) is 56.3 Å². The highest BCUT2D eigenvalue weighted by atomic mass is 15.4. The average Bonchev–Trinajstić information content (AvgIpc) is 3.28. The summed E-state index contributed by atoms with van der Waals surface area (Å²) in [6, 6.07) is 20.5. The Hall–Kier alpha value is -2.32. The highest BCUT2D eigenvalue weighted by molar-refractivity contribution is 5.63. The van der Waals surface area contributed by atoms with Crippen molar-refractivity contribution in [2.75, 3.05) is 0 Å². The first kappa shape index (κ1) is 13.8. The Labute approximate surface area is 159 Å². The Morgan fingerprint density at radius 3 is 2.11 bits per heavy atom. The Balaban J connectivity index is 1.64. The van der Waals surface area contributed by atoms with Crippen LogP contribution in [-0.4, -0.2) is 21.6 Å². The zero-order valence-corrected chi connectivity index (χ0v) is 15.4. The third-order valence-electron chi connectivity index (χ3n) is 8.18. The second kappa shape index (κ2) is 4.23. The maximum Gasteiger partial charge on any atom is 0.151 e. The molecule has 1 saturated heterocycles. The Bertz CT molecular complexity index is 1170. The predicted molar refractivity (Wildman–Crippen MR) is 105 cm³/mol. The van der Waals surface area contributed by atoms with Gasteiger partial charge in [0.25, 0.3) is 0 Å². The van der Waals surface area contributed by atoms with Crippen LogP contribution < -0.4 is 0 Å². The standard InChI is InChI=1S/C25H22N2/c1-3-15-11-16-4-2-6-18-13-20-8-10-22-14-21-9-7-19-12-17(5-1)23(15)25(24(16)18,26(19)21)27(20)22/h1-7,9,20,22H,8,10-14H2. The molecular formula is C25H22N2. The molecule has 5 aliphatic rings. The van der Waals surface area contributed by atoms with Gasteiger partial charge in [0, 0.05) is 47.4 Å². The highest BCUT2D eigenvalue weighted by Crippen LogP contribution is 2.59. The van der Waals surface area contributed by atoms with Crippen molar-refractivity contribution >= 4 is 0 Å². The fraction of sp³-hybridized carbons (Fsp3) is 0.360. The second-order valence-electron chi connectivity index (χ2n) is 9.28. The molecule has 4 aliphatic heterocycles. The SMILES string of the molecule is c1cc2c3c(c1)Cc1ccc4n1C31c3c(cccc3CC3CCC(C4)N31)C2. The minimum atomic E-state index is -0.0646. The molecule has 0 saturated carbocycles. The number of hydrogen-bond donors (Lipinski definition) is 0. The number of hydrogen-bond acceptors (Lipinski definition) is 1. The molecule has 2 nitrogen and oxygen atoms in total. The van der Waals surface area contributed by atoms with Crippen molar-refractivity contribution in [1.82, 2.24) is 9.47 Å². The second-order valence-corrected chi connectivity index (χ2v) is 9.28. The van der Waals surface area contributed by atoms with Gasteiger partial charge >= 0.3 is 0 Å². The molecule has 3 aromatic rings. The van der Waals surface area contributed by atoms with E-state index in [9.17, 15) is 0 Å². The van der Waals surface area contributed by atoms with Crippen LogP contribution in [0.1, 0.15) is 57.6 Å². The van der Waals surface area contributed by atoms with Crippen LogP contribution in [0.15, 0.2) is 48.5 Å². The number of aromatic nitrogens is 1. The molecule has 0 N–H and O–H groups in total. The lowest BCUT2D eigenvalue weighted by molar-refractivity contribution is -0.000576. The van der Waals surface area contributed by atoms with E-state index in [1.807, 2.05) is 0 Å². The zero-order chi connectivity index (χ0) is 17.3. The fourth-order valence-electron chi connectivity index (χ4n) is 7.56. The van der Waals surface area contributed by atoms with E-state index in [4.69, 9.17) is 0 Å². The average molecular weight is 350 g/mol. The number of rotatable bonds is 0. The monoisotopic (exact) mass is 350 g/mol. The molecule has 2 aromatic carbocycles. The molecule has 27 heavy (non-hydrogen) atoms. The van der Waals surface area contributed by atoms with Gasteiger partial charge in [0.1, 0.15) is 0 Å². The summed E-state index contributed by atoms with van der Waals surface area (Å²) in [4.78, 5) is 2.98. The van der Waals surface area contributed by atoms with E-state index in [-0.39, 0.29) is 5.66 Å². The summed E-state index contributed by atoms with van der Waals surface area (Å²) in [5.74, 6) is 0. The molecule has 1 aromatic heterocycles. The lowest BCUT2D eigenvalue weighted by atomic mass is 9.67. The summed E-state index contributed by atoms with van der Waals surface area (Å²) >= 11 is 0. The third-order valence-corrected chi connectivity index (χ3v) is 8.18. The first-order chi connectivity index (χ1) is 13.4. The smallest absolute Gasteiger partial charge is 0.151 e. The third kappa shape index (κ3) is 1.32. The molecule has 3 atom stereocenters. The Kier molecular flexibility index (Phi) is 2.16. The summed E-state index contributed by atoms with van der Waals surface area (Å²) in [7, 11) is 0. The van der Waals surface area contributed by atoms with Gasteiger partial charge in [-0.1, -0.05) is 36.4 Å². The quantitative estimate of drug-likeness (QED) is 0.595. The lowest BCUT2D eigenvalue weighted by Gasteiger charge is -2.60. The molecule has 0 amide bonds. The van der Waals surface area contributed by atoms with Gasteiger partial charge in [-0.25, -0.2) is 0 Å². The van der Waals surface area contributed by atoms with Crippen LogP contribution in [0.4, 0.5) is 0 Å². The maximum absolute atomic E-state index is 2.98. The van der Waals surface area contributed by atoms with Crippen molar-refractivity contribution in [3.05, 3.63) is 93.3 Å². The summed E-state index contributed by atoms with van der Waals surface area (Å²) in [5, 5.41) is 0. The topological polar surface area (TPSA) is 8.17 Å². The van der Waals surface area contributed by atoms with Crippen molar-refractivity contribution in [3.63, 3.8) is 0 Å². The van der Waals surface area contributed by atoms with E-state index in [0.29, 0.717) is 12.1 Å². The fourth-order valence-corrected chi connectivity index (χ4v) is 7.56. The Morgan fingerprint density at radius 1 is 0.667 bits per heavy atom. The van der Waals surface area contributed by atoms with E-state index in [1.165, 1.54) is 31.4 Å². The largest absolute Gasteiger partial charge is 0.322 e. The molecule has 132 valence electrons. The van der Waals surface area contributed by atoms with Crippen molar-refractivity contribution in [1.29, 1.82) is 0 Å². The number of nitrogens with zero attached hydrogens (tertiary/aromatic N) is 2. The first-order valence-electron chi connectivity index (χ1n) is 10.6. The summed E-state index contributed by atoms with van der Waals surface area (Å²) < 4.78 is 2.79. The van der Waals surface area contributed by atoms with E-state index < -0.39 is 0 Å². The van der Waals surface area contributed by atoms with Crippen molar-refractivity contribution in [2.24, 2.45) is 0 Å². The summed E-state index contributed by atoms with van der Waals surface area (Å²) in [5.41, 5.74) is 12.6. The normalized spacial score (nSPS) is 30.8. The van der Waals surface area contributed by atoms with Crippen LogP contribution in [0.3, 0.4) is 0 Å². The molecule has 2 heteroatoms. The van der Waals surface area contributed by atoms with Gasteiger partial charge in [0.15, 0.2) is 5.66 Å². The van der Waals surface area contributed by atoms with Crippen molar-refractivity contribution < 1.29 is 0 Å². The van der Waals surface area contributed by atoms with Crippen LogP contribution >= 0.6 is 0 Å². The van der Waals surface area contributed by atoms with Crippen molar-refractivity contribution in [3.8, 4) is 0 Å². The van der Waals surface area contributed by atoms with E-state index in [1.54, 1.807) is 39.1 Å². The zero-order valence-electron chi connectivity index (χ0n) is 15.4. The van der Waals surface area contributed by atoms with Crippen LogP contribution in [-0.2, 0) is 31.3 Å². The molecule has 1 spiro atoms. The number of benzene rings is 2. The van der Waals surface area contributed by atoms with E-state index in [2.05, 4.69) is 58.0 Å². The molecule has 1 aliphatic carbocycles. The van der Waals surface area contributed by atoms with Gasteiger partial charge in [-0.05, 0) is 60.1 Å². The van der Waals surface area contributed by atoms with Gasteiger partial charge < -0.3 is 4.57 Å². The predicted octanol–water partition coefficient (Wildman–Crippen LogP) is 3.99. The van der Waals surface area contributed by atoms with Gasteiger partial charge in [-0.15, -0.1) is 0 Å². The van der Waals surface area contributed by atoms with Crippen LogP contribution in [0.5, 0.6) is 0 Å². The highest BCUT2D eigenvalue weighted by Gasteiger charge is 2.61. The minimum absolute atomic E-state index is 0.0646. The van der Waals surface area contributed by atoms with Crippen LogP contribution in [0, 0.1) is 0 Å². The summed E-state index contributed by atoms with van der Waals surface area (Å²) in [6.07, 6.45) is 7.37. The first-order valence-corrected chi connectivity index (χ1v) is 10.6. The Morgan fingerprint density at radius 2 is 1.30 bits per heavy atom. The minimum Gasteiger partial charge on any atom is -0.322 e. The lowest BCUT2D eigenvalue weighted by Crippen LogP contribution is -2.66. The molecule has 5 heterocycles. The molecule has 1 fully saturated rings. The van der Waals surface area contributed by atoms with Gasteiger partial charge in [-0.2, -0.15) is 0 Å².